The summed E-state index contributed by atoms with van der Waals surface area (Å²) in [5.41, 5.74) is 1.21. The van der Waals surface area contributed by atoms with Gasteiger partial charge in [0, 0.05) is 19.6 Å². The molecule has 0 radical (unpaired) electrons. The van der Waals surface area contributed by atoms with Crippen LogP contribution in [-0.2, 0) is 11.3 Å². The standard InChI is InChI=1S/C21H23F2N3O3/c1-13-20(27)24-18-6-4-5-15(19(18)29-13)21(28)26(10-9-25(2)3)12-14-7-8-16(22)17(23)11-14/h4-8,11,13H,9-10,12H2,1-3H3,(H,24,27). The van der Waals surface area contributed by atoms with Gasteiger partial charge in [0.2, 0.25) is 0 Å². The summed E-state index contributed by atoms with van der Waals surface area (Å²) in [6.07, 6.45) is -0.724. The molecule has 2 aromatic rings. The van der Waals surface area contributed by atoms with Crippen LogP contribution in [0.5, 0.6) is 5.75 Å². The number of rotatable bonds is 6. The average molecular weight is 403 g/mol. The zero-order valence-electron chi connectivity index (χ0n) is 16.5. The molecule has 6 nitrogen and oxygen atoms in total. The summed E-state index contributed by atoms with van der Waals surface area (Å²) < 4.78 is 32.6. The van der Waals surface area contributed by atoms with E-state index in [-0.39, 0.29) is 18.4 Å². The summed E-state index contributed by atoms with van der Waals surface area (Å²) in [7, 11) is 3.76. The van der Waals surface area contributed by atoms with Gasteiger partial charge in [-0.15, -0.1) is 0 Å². The lowest BCUT2D eigenvalue weighted by molar-refractivity contribution is -0.122. The zero-order valence-corrected chi connectivity index (χ0v) is 16.5. The number of halogens is 2. The molecule has 1 aliphatic rings. The number of hydrogen-bond acceptors (Lipinski definition) is 4. The topological polar surface area (TPSA) is 61.9 Å². The number of ether oxygens (including phenoxy) is 1. The van der Waals surface area contributed by atoms with Crippen molar-refractivity contribution in [3.63, 3.8) is 0 Å². The van der Waals surface area contributed by atoms with E-state index in [1.807, 2.05) is 19.0 Å². The maximum atomic E-state index is 13.6. The highest BCUT2D eigenvalue weighted by molar-refractivity contribution is 6.04. The Bertz CT molecular complexity index is 933. The molecule has 2 amide bonds. The van der Waals surface area contributed by atoms with E-state index in [0.29, 0.717) is 35.7 Å². The molecule has 8 heteroatoms. The minimum absolute atomic E-state index is 0.107. The van der Waals surface area contributed by atoms with E-state index < -0.39 is 17.7 Å². The minimum Gasteiger partial charge on any atom is -0.478 e. The molecule has 1 heterocycles. The van der Waals surface area contributed by atoms with Crippen molar-refractivity contribution in [1.29, 1.82) is 0 Å². The molecule has 0 aromatic heterocycles. The number of amides is 2. The van der Waals surface area contributed by atoms with Gasteiger partial charge in [-0.25, -0.2) is 8.78 Å². The second-order valence-corrected chi connectivity index (χ2v) is 7.21. The second-order valence-electron chi connectivity index (χ2n) is 7.21. The van der Waals surface area contributed by atoms with Crippen LogP contribution in [0.1, 0.15) is 22.8 Å². The van der Waals surface area contributed by atoms with Crippen LogP contribution in [0.15, 0.2) is 36.4 Å². The lowest BCUT2D eigenvalue weighted by Gasteiger charge is -2.28. The first kappa shape index (κ1) is 20.7. The number of carbonyl (C=O) groups excluding carboxylic acids is 2. The van der Waals surface area contributed by atoms with Crippen LogP contribution in [0.3, 0.4) is 0 Å². The second kappa shape index (κ2) is 8.57. The lowest BCUT2D eigenvalue weighted by Crippen LogP contribution is -2.38. The van der Waals surface area contributed by atoms with Gasteiger partial charge in [0.25, 0.3) is 11.8 Å². The van der Waals surface area contributed by atoms with Crippen molar-refractivity contribution < 1.29 is 23.1 Å². The smallest absolute Gasteiger partial charge is 0.265 e. The van der Waals surface area contributed by atoms with Gasteiger partial charge in [-0.3, -0.25) is 9.59 Å². The van der Waals surface area contributed by atoms with Crippen molar-refractivity contribution in [2.24, 2.45) is 0 Å². The Balaban J connectivity index is 1.91. The Morgan fingerprint density at radius 1 is 1.14 bits per heavy atom. The first-order valence-electron chi connectivity index (χ1n) is 9.24. The third-order valence-electron chi connectivity index (χ3n) is 4.63. The molecule has 0 saturated carbocycles. The Morgan fingerprint density at radius 3 is 2.59 bits per heavy atom. The molecule has 1 atom stereocenters. The predicted octanol–water partition coefficient (Wildman–Crippen LogP) is 2.89. The number of likely N-dealkylation sites (N-methyl/N-ethyl adjacent to an activating group) is 1. The molecule has 1 aliphatic heterocycles. The van der Waals surface area contributed by atoms with Crippen molar-refractivity contribution in [2.45, 2.75) is 19.6 Å². The van der Waals surface area contributed by atoms with E-state index in [9.17, 15) is 18.4 Å². The summed E-state index contributed by atoms with van der Waals surface area (Å²) >= 11 is 0. The summed E-state index contributed by atoms with van der Waals surface area (Å²) in [5, 5.41) is 2.72. The Morgan fingerprint density at radius 2 is 1.90 bits per heavy atom. The number of benzene rings is 2. The molecular weight excluding hydrogens is 380 g/mol. The van der Waals surface area contributed by atoms with Crippen molar-refractivity contribution in [3.05, 3.63) is 59.2 Å². The van der Waals surface area contributed by atoms with Crippen LogP contribution in [0.4, 0.5) is 14.5 Å². The molecule has 3 rings (SSSR count). The third kappa shape index (κ3) is 4.71. The number of nitrogens with zero attached hydrogens (tertiary/aromatic N) is 2. The Kier molecular flexibility index (Phi) is 6.12. The monoisotopic (exact) mass is 403 g/mol. The van der Waals surface area contributed by atoms with Crippen LogP contribution < -0.4 is 10.1 Å². The van der Waals surface area contributed by atoms with Gasteiger partial charge in [-0.2, -0.15) is 0 Å². The fourth-order valence-corrected chi connectivity index (χ4v) is 3.00. The van der Waals surface area contributed by atoms with E-state index >= 15 is 0 Å². The van der Waals surface area contributed by atoms with Crippen molar-refractivity contribution >= 4 is 17.5 Å². The highest BCUT2D eigenvalue weighted by Gasteiger charge is 2.29. The lowest BCUT2D eigenvalue weighted by atomic mass is 10.1. The molecule has 29 heavy (non-hydrogen) atoms. The van der Waals surface area contributed by atoms with Crippen molar-refractivity contribution in [2.75, 3.05) is 32.5 Å². The highest BCUT2D eigenvalue weighted by atomic mass is 19.2. The molecule has 0 saturated heterocycles. The molecule has 0 spiro atoms. The largest absolute Gasteiger partial charge is 0.478 e. The molecule has 0 aliphatic carbocycles. The van der Waals surface area contributed by atoms with E-state index in [4.69, 9.17) is 4.74 Å². The molecule has 2 aromatic carbocycles. The number of hydrogen-bond donors (Lipinski definition) is 1. The maximum absolute atomic E-state index is 13.6. The SMILES string of the molecule is CC1Oc2c(cccc2C(=O)N(CCN(C)C)Cc2ccc(F)c(F)c2)NC1=O. The van der Waals surface area contributed by atoms with Gasteiger partial charge in [0.15, 0.2) is 23.5 Å². The molecule has 0 bridgehead atoms. The van der Waals surface area contributed by atoms with E-state index in [1.165, 1.54) is 6.07 Å². The number of carbonyl (C=O) groups is 2. The summed E-state index contributed by atoms with van der Waals surface area (Å²) in [4.78, 5) is 28.6. The fourth-order valence-electron chi connectivity index (χ4n) is 3.00. The fraction of sp³-hybridized carbons (Fsp3) is 0.333. The van der Waals surface area contributed by atoms with E-state index in [2.05, 4.69) is 5.32 Å². The highest BCUT2D eigenvalue weighted by Crippen LogP contribution is 2.34. The van der Waals surface area contributed by atoms with Gasteiger partial charge in [-0.05, 0) is 50.8 Å². The van der Waals surface area contributed by atoms with Crippen molar-refractivity contribution in [1.82, 2.24) is 9.80 Å². The van der Waals surface area contributed by atoms with Crippen LogP contribution in [0.2, 0.25) is 0 Å². The van der Waals surface area contributed by atoms with Crippen LogP contribution >= 0.6 is 0 Å². The Labute approximate surface area is 168 Å². The average Bonchev–Trinajstić information content (AvgIpc) is 2.67. The number of nitrogens with one attached hydrogen (secondary N) is 1. The summed E-state index contributed by atoms with van der Waals surface area (Å²) in [5.74, 6) is -2.19. The normalized spacial score (nSPS) is 15.5. The quantitative estimate of drug-likeness (QED) is 0.806. The Hall–Kier alpha value is -3.00. The molecule has 1 N–H and O–H groups in total. The molecule has 0 fully saturated rings. The van der Waals surface area contributed by atoms with Gasteiger partial charge >= 0.3 is 0 Å². The van der Waals surface area contributed by atoms with Gasteiger partial charge in [0.05, 0.1) is 11.3 Å². The molecule has 1 unspecified atom stereocenters. The van der Waals surface area contributed by atoms with E-state index in [1.54, 1.807) is 30.0 Å². The summed E-state index contributed by atoms with van der Waals surface area (Å²) in [6, 6.07) is 8.53. The van der Waals surface area contributed by atoms with Gasteiger partial charge in [0.1, 0.15) is 0 Å². The number of anilines is 1. The predicted molar refractivity (Wildman–Crippen MR) is 105 cm³/mol. The van der Waals surface area contributed by atoms with Crippen LogP contribution in [0.25, 0.3) is 0 Å². The number of para-hydroxylation sites is 1. The third-order valence-corrected chi connectivity index (χ3v) is 4.63. The first-order chi connectivity index (χ1) is 13.8. The molecular formula is C21H23F2N3O3. The van der Waals surface area contributed by atoms with Crippen molar-refractivity contribution in [3.8, 4) is 5.75 Å². The first-order valence-corrected chi connectivity index (χ1v) is 9.24. The van der Waals surface area contributed by atoms with E-state index in [0.717, 1.165) is 12.1 Å². The van der Waals surface area contributed by atoms with Crippen LogP contribution in [-0.4, -0.2) is 54.9 Å². The number of fused-ring (bicyclic) bond motifs is 1. The van der Waals surface area contributed by atoms with Crippen LogP contribution in [0, 0.1) is 11.6 Å². The maximum Gasteiger partial charge on any atom is 0.265 e. The van der Waals surface area contributed by atoms with Gasteiger partial charge < -0.3 is 19.9 Å². The zero-order chi connectivity index (χ0) is 21.1. The summed E-state index contributed by atoms with van der Waals surface area (Å²) in [6.45, 7) is 2.66. The minimum atomic E-state index is -0.959. The van der Waals surface area contributed by atoms with Gasteiger partial charge in [-0.1, -0.05) is 12.1 Å². The molecule has 154 valence electrons.